The van der Waals surface area contributed by atoms with Crippen molar-refractivity contribution in [2.45, 2.75) is 19.3 Å². The zero-order valence-electron chi connectivity index (χ0n) is 8.79. The van der Waals surface area contributed by atoms with Gasteiger partial charge >= 0.3 is 0 Å². The van der Waals surface area contributed by atoms with E-state index < -0.39 is 0 Å². The fraction of sp³-hybridized carbons (Fsp3) is 0.417. The molecule has 0 amide bonds. The minimum Gasteiger partial charge on any atom is -0.316 e. The van der Waals surface area contributed by atoms with Crippen molar-refractivity contribution in [1.29, 1.82) is 0 Å². The number of nitrogens with zero attached hydrogens (tertiary/aromatic N) is 1. The van der Waals surface area contributed by atoms with E-state index in [1.54, 1.807) is 11.3 Å². The standard InChI is InChI=1S/C12H14N2S/c1-8-14-11-6-9(2-3-12(11)15-8)10-4-5-13-7-10/h2-3,6,10,13H,4-5,7H2,1H3. The number of aryl methyl sites for hydroxylation is 1. The highest BCUT2D eigenvalue weighted by Gasteiger charge is 2.17. The van der Waals surface area contributed by atoms with Crippen LogP contribution in [0.5, 0.6) is 0 Å². The van der Waals surface area contributed by atoms with Crippen LogP contribution in [0.25, 0.3) is 10.2 Å². The molecule has 0 aliphatic carbocycles. The van der Waals surface area contributed by atoms with Crippen molar-refractivity contribution in [1.82, 2.24) is 10.3 Å². The van der Waals surface area contributed by atoms with E-state index in [1.165, 1.54) is 22.2 Å². The first-order valence-corrected chi connectivity index (χ1v) is 6.22. The van der Waals surface area contributed by atoms with Gasteiger partial charge in [-0.1, -0.05) is 6.07 Å². The molecule has 1 atom stereocenters. The van der Waals surface area contributed by atoms with Gasteiger partial charge in [0.15, 0.2) is 0 Å². The van der Waals surface area contributed by atoms with E-state index in [0.29, 0.717) is 5.92 Å². The van der Waals surface area contributed by atoms with Crippen molar-refractivity contribution in [2.75, 3.05) is 13.1 Å². The number of hydrogen-bond donors (Lipinski definition) is 1. The molecule has 2 heterocycles. The quantitative estimate of drug-likeness (QED) is 0.796. The molecule has 1 unspecified atom stereocenters. The van der Waals surface area contributed by atoms with Gasteiger partial charge in [-0.2, -0.15) is 0 Å². The smallest absolute Gasteiger partial charge is 0.0907 e. The number of nitrogens with one attached hydrogen (secondary N) is 1. The van der Waals surface area contributed by atoms with Crippen LogP contribution in [-0.2, 0) is 0 Å². The molecule has 3 rings (SSSR count). The monoisotopic (exact) mass is 218 g/mol. The average molecular weight is 218 g/mol. The Labute approximate surface area is 93.3 Å². The normalized spacial score (nSPS) is 21.3. The molecule has 0 bridgehead atoms. The van der Waals surface area contributed by atoms with Gasteiger partial charge in [-0.25, -0.2) is 4.98 Å². The van der Waals surface area contributed by atoms with Crippen LogP contribution in [0.4, 0.5) is 0 Å². The van der Waals surface area contributed by atoms with Crippen molar-refractivity contribution in [3.8, 4) is 0 Å². The SMILES string of the molecule is Cc1nc2cc(C3CCNC3)ccc2s1. The Hall–Kier alpha value is -0.930. The van der Waals surface area contributed by atoms with Crippen LogP contribution in [0.3, 0.4) is 0 Å². The molecule has 78 valence electrons. The summed E-state index contributed by atoms with van der Waals surface area (Å²) in [5.74, 6) is 0.691. The van der Waals surface area contributed by atoms with Crippen LogP contribution in [-0.4, -0.2) is 18.1 Å². The molecule has 1 saturated heterocycles. The molecule has 1 aliphatic heterocycles. The number of rotatable bonds is 1. The lowest BCUT2D eigenvalue weighted by molar-refractivity contribution is 0.764. The van der Waals surface area contributed by atoms with E-state index in [4.69, 9.17) is 0 Å². The molecule has 0 saturated carbocycles. The maximum absolute atomic E-state index is 4.54. The molecule has 0 radical (unpaired) electrons. The van der Waals surface area contributed by atoms with Gasteiger partial charge in [-0.15, -0.1) is 11.3 Å². The van der Waals surface area contributed by atoms with Crippen molar-refractivity contribution in [3.05, 3.63) is 28.8 Å². The highest BCUT2D eigenvalue weighted by atomic mass is 32.1. The molecule has 3 heteroatoms. The summed E-state index contributed by atoms with van der Waals surface area (Å²) in [6.07, 6.45) is 1.26. The number of hydrogen-bond acceptors (Lipinski definition) is 3. The predicted octanol–water partition coefficient (Wildman–Crippen LogP) is 2.68. The third kappa shape index (κ3) is 1.66. The third-order valence-corrected chi connectivity index (χ3v) is 4.00. The summed E-state index contributed by atoms with van der Waals surface area (Å²) in [7, 11) is 0. The lowest BCUT2D eigenvalue weighted by Gasteiger charge is -2.07. The van der Waals surface area contributed by atoms with Gasteiger partial charge in [0.25, 0.3) is 0 Å². The van der Waals surface area contributed by atoms with Gasteiger partial charge in [0.1, 0.15) is 0 Å². The first-order valence-electron chi connectivity index (χ1n) is 5.41. The minimum atomic E-state index is 0.691. The van der Waals surface area contributed by atoms with Crippen molar-refractivity contribution >= 4 is 21.6 Å². The van der Waals surface area contributed by atoms with E-state index in [1.807, 2.05) is 0 Å². The van der Waals surface area contributed by atoms with Crippen molar-refractivity contribution < 1.29 is 0 Å². The number of aromatic nitrogens is 1. The molecule has 0 spiro atoms. The molecular weight excluding hydrogens is 204 g/mol. The van der Waals surface area contributed by atoms with Gasteiger partial charge in [0.2, 0.25) is 0 Å². The first-order chi connectivity index (χ1) is 7.33. The van der Waals surface area contributed by atoms with E-state index in [9.17, 15) is 0 Å². The summed E-state index contributed by atoms with van der Waals surface area (Å²) in [5, 5.41) is 4.57. The van der Waals surface area contributed by atoms with Gasteiger partial charge < -0.3 is 5.32 Å². The molecule has 1 aliphatic rings. The molecule has 1 aromatic carbocycles. The molecule has 2 aromatic rings. The zero-order chi connectivity index (χ0) is 10.3. The molecule has 2 nitrogen and oxygen atoms in total. The Bertz CT molecular complexity index is 483. The summed E-state index contributed by atoms with van der Waals surface area (Å²) in [6, 6.07) is 6.74. The lowest BCUT2D eigenvalue weighted by atomic mass is 9.98. The fourth-order valence-electron chi connectivity index (χ4n) is 2.25. The second kappa shape index (κ2) is 3.58. The van der Waals surface area contributed by atoms with Crippen molar-refractivity contribution in [2.24, 2.45) is 0 Å². The molecular formula is C12H14N2S. The van der Waals surface area contributed by atoms with Crippen LogP contribution >= 0.6 is 11.3 Å². The second-order valence-corrected chi connectivity index (χ2v) is 5.38. The largest absolute Gasteiger partial charge is 0.316 e. The Morgan fingerprint density at radius 3 is 3.20 bits per heavy atom. The van der Waals surface area contributed by atoms with Crippen LogP contribution < -0.4 is 5.32 Å². The topological polar surface area (TPSA) is 24.9 Å². The van der Waals surface area contributed by atoms with E-state index in [2.05, 4.69) is 35.4 Å². The molecule has 1 N–H and O–H groups in total. The fourth-order valence-corrected chi connectivity index (χ4v) is 3.06. The number of thiazole rings is 1. The summed E-state index contributed by atoms with van der Waals surface area (Å²) >= 11 is 1.78. The minimum absolute atomic E-state index is 0.691. The summed E-state index contributed by atoms with van der Waals surface area (Å²) in [5.41, 5.74) is 2.61. The molecule has 1 aromatic heterocycles. The zero-order valence-corrected chi connectivity index (χ0v) is 9.60. The Kier molecular flexibility index (Phi) is 2.22. The van der Waals surface area contributed by atoms with E-state index in [-0.39, 0.29) is 0 Å². The molecule has 1 fully saturated rings. The Morgan fingerprint density at radius 1 is 1.47 bits per heavy atom. The highest BCUT2D eigenvalue weighted by molar-refractivity contribution is 7.18. The number of fused-ring (bicyclic) bond motifs is 1. The van der Waals surface area contributed by atoms with E-state index >= 15 is 0 Å². The van der Waals surface area contributed by atoms with Crippen LogP contribution in [0.2, 0.25) is 0 Å². The summed E-state index contributed by atoms with van der Waals surface area (Å²) in [4.78, 5) is 4.54. The van der Waals surface area contributed by atoms with Crippen LogP contribution in [0, 0.1) is 6.92 Å². The van der Waals surface area contributed by atoms with Gasteiger partial charge in [0.05, 0.1) is 15.2 Å². The summed E-state index contributed by atoms with van der Waals surface area (Å²) in [6.45, 7) is 4.34. The lowest BCUT2D eigenvalue weighted by Crippen LogP contribution is -2.07. The van der Waals surface area contributed by atoms with Gasteiger partial charge in [-0.05, 0) is 43.5 Å². The summed E-state index contributed by atoms with van der Waals surface area (Å²) < 4.78 is 1.31. The molecule has 15 heavy (non-hydrogen) atoms. The predicted molar refractivity (Wildman–Crippen MR) is 64.6 cm³/mol. The van der Waals surface area contributed by atoms with Crippen LogP contribution in [0.15, 0.2) is 18.2 Å². The number of benzene rings is 1. The van der Waals surface area contributed by atoms with Crippen LogP contribution in [0.1, 0.15) is 22.9 Å². The van der Waals surface area contributed by atoms with Crippen molar-refractivity contribution in [3.63, 3.8) is 0 Å². The average Bonchev–Trinajstić information content (AvgIpc) is 2.82. The highest BCUT2D eigenvalue weighted by Crippen LogP contribution is 2.28. The third-order valence-electron chi connectivity index (χ3n) is 3.05. The van der Waals surface area contributed by atoms with Gasteiger partial charge in [-0.3, -0.25) is 0 Å². The Balaban J connectivity index is 2.04. The Morgan fingerprint density at radius 2 is 2.40 bits per heavy atom. The maximum atomic E-state index is 4.54. The van der Waals surface area contributed by atoms with E-state index in [0.717, 1.165) is 18.1 Å². The van der Waals surface area contributed by atoms with Gasteiger partial charge in [0, 0.05) is 6.54 Å². The maximum Gasteiger partial charge on any atom is 0.0907 e. The first kappa shape index (κ1) is 9.31. The second-order valence-electron chi connectivity index (χ2n) is 4.15.